The van der Waals surface area contributed by atoms with Crippen LogP contribution >= 0.6 is 11.3 Å². The lowest BCUT2D eigenvalue weighted by Gasteiger charge is -2.08. The lowest BCUT2D eigenvalue weighted by Crippen LogP contribution is -2.12. The van der Waals surface area contributed by atoms with E-state index >= 15 is 0 Å². The maximum absolute atomic E-state index is 12.1. The highest BCUT2D eigenvalue weighted by Crippen LogP contribution is 2.26. The van der Waals surface area contributed by atoms with Crippen molar-refractivity contribution in [2.24, 2.45) is 0 Å². The first kappa shape index (κ1) is 12.6. The molecule has 0 fully saturated rings. The predicted molar refractivity (Wildman–Crippen MR) is 74.6 cm³/mol. The maximum Gasteiger partial charge on any atom is 0.256 e. The standard InChI is InChI=1S/C14H15NO2S/c1-8-4-5-13(16)12(6-8)15-14(17)11-7-18-10(3)9(11)2/h4-7,16H,1-3H3,(H,15,17). The van der Waals surface area contributed by atoms with Gasteiger partial charge in [0, 0.05) is 10.3 Å². The summed E-state index contributed by atoms with van der Waals surface area (Å²) in [6.45, 7) is 5.83. The molecule has 18 heavy (non-hydrogen) atoms. The van der Waals surface area contributed by atoms with Crippen LogP contribution in [-0.2, 0) is 0 Å². The molecule has 0 aliphatic carbocycles. The van der Waals surface area contributed by atoms with Crippen molar-refractivity contribution >= 4 is 22.9 Å². The van der Waals surface area contributed by atoms with E-state index in [9.17, 15) is 9.90 Å². The Bertz CT molecular complexity index is 602. The van der Waals surface area contributed by atoms with Gasteiger partial charge in [-0.25, -0.2) is 0 Å². The minimum atomic E-state index is -0.183. The van der Waals surface area contributed by atoms with Gasteiger partial charge in [0.1, 0.15) is 5.75 Å². The van der Waals surface area contributed by atoms with Crippen LogP contribution in [0, 0.1) is 20.8 Å². The van der Waals surface area contributed by atoms with Gasteiger partial charge in [-0.3, -0.25) is 4.79 Å². The summed E-state index contributed by atoms with van der Waals surface area (Å²) in [5, 5.41) is 14.3. The molecule has 1 aromatic carbocycles. The van der Waals surface area contributed by atoms with Crippen LogP contribution in [0.15, 0.2) is 23.6 Å². The predicted octanol–water partition coefficient (Wildman–Crippen LogP) is 3.63. The topological polar surface area (TPSA) is 49.3 Å². The van der Waals surface area contributed by atoms with Crippen LogP contribution in [-0.4, -0.2) is 11.0 Å². The molecule has 0 spiro atoms. The van der Waals surface area contributed by atoms with Crippen LogP contribution in [0.2, 0.25) is 0 Å². The summed E-state index contributed by atoms with van der Waals surface area (Å²) in [6.07, 6.45) is 0. The zero-order valence-electron chi connectivity index (χ0n) is 10.6. The van der Waals surface area contributed by atoms with E-state index in [0.29, 0.717) is 11.3 Å². The number of phenols is 1. The van der Waals surface area contributed by atoms with E-state index in [2.05, 4.69) is 5.32 Å². The lowest BCUT2D eigenvalue weighted by molar-refractivity contribution is 0.102. The summed E-state index contributed by atoms with van der Waals surface area (Å²) in [5.41, 5.74) is 3.09. The van der Waals surface area contributed by atoms with E-state index < -0.39 is 0 Å². The quantitative estimate of drug-likeness (QED) is 0.811. The molecule has 4 heteroatoms. The summed E-state index contributed by atoms with van der Waals surface area (Å²) in [7, 11) is 0. The van der Waals surface area contributed by atoms with Gasteiger partial charge >= 0.3 is 0 Å². The number of amides is 1. The van der Waals surface area contributed by atoms with E-state index in [1.807, 2.05) is 26.2 Å². The molecule has 0 bridgehead atoms. The van der Waals surface area contributed by atoms with Crippen LogP contribution < -0.4 is 5.32 Å². The number of phenolic OH excluding ortho intramolecular Hbond substituents is 1. The van der Waals surface area contributed by atoms with Crippen LogP contribution in [0.3, 0.4) is 0 Å². The first-order valence-corrected chi connectivity index (χ1v) is 6.52. The summed E-state index contributed by atoms with van der Waals surface area (Å²) in [4.78, 5) is 13.2. The van der Waals surface area contributed by atoms with Gasteiger partial charge in [0.15, 0.2) is 0 Å². The molecule has 1 amide bonds. The molecule has 2 aromatic rings. The zero-order valence-corrected chi connectivity index (χ0v) is 11.4. The second-order valence-electron chi connectivity index (χ2n) is 4.31. The van der Waals surface area contributed by atoms with Crippen molar-refractivity contribution in [1.29, 1.82) is 0 Å². The first-order valence-electron chi connectivity index (χ1n) is 5.64. The number of hydrogen-bond donors (Lipinski definition) is 2. The number of rotatable bonds is 2. The number of hydrogen-bond acceptors (Lipinski definition) is 3. The molecule has 2 N–H and O–H groups in total. The van der Waals surface area contributed by atoms with Gasteiger partial charge in [-0.2, -0.15) is 0 Å². The van der Waals surface area contributed by atoms with E-state index in [1.165, 1.54) is 0 Å². The summed E-state index contributed by atoms with van der Waals surface area (Å²) in [5.74, 6) is -0.101. The number of thiophene rings is 1. The second kappa shape index (κ2) is 4.82. The van der Waals surface area contributed by atoms with Crippen LogP contribution in [0.5, 0.6) is 5.75 Å². The van der Waals surface area contributed by atoms with Crippen LogP contribution in [0.1, 0.15) is 26.4 Å². The van der Waals surface area contributed by atoms with Crippen LogP contribution in [0.25, 0.3) is 0 Å². The summed E-state index contributed by atoms with van der Waals surface area (Å²) in [6, 6.07) is 5.13. The Kier molecular flexibility index (Phi) is 3.39. The third kappa shape index (κ3) is 2.38. The Balaban J connectivity index is 2.27. The summed E-state index contributed by atoms with van der Waals surface area (Å²) >= 11 is 1.55. The molecular formula is C14H15NO2S. The van der Waals surface area contributed by atoms with Crippen molar-refractivity contribution in [3.63, 3.8) is 0 Å². The van der Waals surface area contributed by atoms with Crippen molar-refractivity contribution in [2.45, 2.75) is 20.8 Å². The molecule has 0 aliphatic heterocycles. The van der Waals surface area contributed by atoms with E-state index in [-0.39, 0.29) is 11.7 Å². The van der Waals surface area contributed by atoms with E-state index in [0.717, 1.165) is 16.0 Å². The van der Waals surface area contributed by atoms with Gasteiger partial charge in [0.2, 0.25) is 0 Å². The molecule has 2 rings (SSSR count). The third-order valence-corrected chi connectivity index (χ3v) is 3.94. The average molecular weight is 261 g/mol. The van der Waals surface area contributed by atoms with Crippen molar-refractivity contribution < 1.29 is 9.90 Å². The van der Waals surface area contributed by atoms with Crippen molar-refractivity contribution in [1.82, 2.24) is 0 Å². The molecule has 0 saturated heterocycles. The minimum absolute atomic E-state index is 0.0820. The van der Waals surface area contributed by atoms with Gasteiger partial charge in [-0.15, -0.1) is 11.3 Å². The highest BCUT2D eigenvalue weighted by atomic mass is 32.1. The number of benzene rings is 1. The highest BCUT2D eigenvalue weighted by Gasteiger charge is 2.14. The largest absolute Gasteiger partial charge is 0.506 e. The van der Waals surface area contributed by atoms with Crippen LogP contribution in [0.4, 0.5) is 5.69 Å². The Labute approximate surface area is 110 Å². The smallest absolute Gasteiger partial charge is 0.256 e. The molecule has 0 unspecified atom stereocenters. The Morgan fingerprint density at radius 3 is 2.61 bits per heavy atom. The highest BCUT2D eigenvalue weighted by molar-refractivity contribution is 7.10. The summed E-state index contributed by atoms with van der Waals surface area (Å²) < 4.78 is 0. The second-order valence-corrected chi connectivity index (χ2v) is 5.39. The van der Waals surface area contributed by atoms with Gasteiger partial charge in [0.25, 0.3) is 5.91 Å². The minimum Gasteiger partial charge on any atom is -0.506 e. The molecular weight excluding hydrogens is 246 g/mol. The van der Waals surface area contributed by atoms with E-state index in [1.54, 1.807) is 29.5 Å². The lowest BCUT2D eigenvalue weighted by atomic mass is 10.1. The van der Waals surface area contributed by atoms with Gasteiger partial charge < -0.3 is 10.4 Å². The number of anilines is 1. The van der Waals surface area contributed by atoms with Crippen molar-refractivity contribution in [2.75, 3.05) is 5.32 Å². The number of carbonyl (C=O) groups excluding carboxylic acids is 1. The monoisotopic (exact) mass is 261 g/mol. The molecule has 1 aromatic heterocycles. The van der Waals surface area contributed by atoms with Gasteiger partial charge in [-0.1, -0.05) is 6.07 Å². The molecule has 0 radical (unpaired) electrons. The van der Waals surface area contributed by atoms with Gasteiger partial charge in [-0.05, 0) is 44.0 Å². The molecule has 0 atom stereocenters. The SMILES string of the molecule is Cc1ccc(O)c(NC(=O)c2csc(C)c2C)c1. The fourth-order valence-electron chi connectivity index (χ4n) is 1.68. The average Bonchev–Trinajstić information content (AvgIpc) is 2.65. The van der Waals surface area contributed by atoms with Crippen molar-refractivity contribution in [3.8, 4) is 5.75 Å². The van der Waals surface area contributed by atoms with E-state index in [4.69, 9.17) is 0 Å². The maximum atomic E-state index is 12.1. The molecule has 94 valence electrons. The Morgan fingerprint density at radius 2 is 2.00 bits per heavy atom. The molecule has 0 saturated carbocycles. The zero-order chi connectivity index (χ0) is 13.3. The third-order valence-electron chi connectivity index (χ3n) is 2.93. The Morgan fingerprint density at radius 1 is 1.28 bits per heavy atom. The number of carbonyl (C=O) groups is 1. The first-order chi connectivity index (χ1) is 8.49. The van der Waals surface area contributed by atoms with Gasteiger partial charge in [0.05, 0.1) is 11.3 Å². The number of aryl methyl sites for hydroxylation is 2. The molecule has 0 aliphatic rings. The Hall–Kier alpha value is -1.81. The fourth-order valence-corrected chi connectivity index (χ4v) is 2.54. The normalized spacial score (nSPS) is 10.4. The molecule has 1 heterocycles. The number of nitrogens with one attached hydrogen (secondary N) is 1. The van der Waals surface area contributed by atoms with Crippen molar-refractivity contribution in [3.05, 3.63) is 45.1 Å². The molecule has 3 nitrogen and oxygen atoms in total. The number of aromatic hydroxyl groups is 1. The fraction of sp³-hybridized carbons (Fsp3) is 0.214.